The molecular weight excluding hydrogens is 214 g/mol. The normalized spacial score (nSPS) is 24.5. The van der Waals surface area contributed by atoms with Gasteiger partial charge in [-0.05, 0) is 42.2 Å². The van der Waals surface area contributed by atoms with Gasteiger partial charge in [0.2, 0.25) is 0 Å². The fourth-order valence-corrected chi connectivity index (χ4v) is 3.40. The quantitative estimate of drug-likeness (QED) is 0.833. The van der Waals surface area contributed by atoms with Crippen LogP contribution in [0.5, 0.6) is 0 Å². The van der Waals surface area contributed by atoms with Crippen LogP contribution in [0.4, 0.5) is 0 Å². The molecule has 0 radical (unpaired) electrons. The van der Waals surface area contributed by atoms with E-state index in [1.807, 2.05) is 11.3 Å². The Kier molecular flexibility index (Phi) is 4.04. The Morgan fingerprint density at radius 3 is 3.00 bits per heavy atom. The van der Waals surface area contributed by atoms with E-state index in [0.29, 0.717) is 5.41 Å². The average Bonchev–Trinajstić information content (AvgIpc) is 2.73. The fourth-order valence-electron chi connectivity index (χ4n) is 2.73. The van der Waals surface area contributed by atoms with E-state index in [4.69, 9.17) is 0 Å². The first-order valence-corrected chi connectivity index (χ1v) is 7.29. The SMILES string of the molecule is CC1(C)CCCCC1CNCc1cccs1. The van der Waals surface area contributed by atoms with Crippen molar-refractivity contribution in [3.8, 4) is 0 Å². The monoisotopic (exact) mass is 237 g/mol. The molecule has 1 atom stereocenters. The lowest BCUT2D eigenvalue weighted by Crippen LogP contribution is -2.35. The summed E-state index contributed by atoms with van der Waals surface area (Å²) >= 11 is 1.85. The van der Waals surface area contributed by atoms with E-state index in [1.54, 1.807) is 0 Å². The molecule has 1 heterocycles. The zero-order chi connectivity index (χ0) is 11.4. The molecule has 1 aliphatic rings. The van der Waals surface area contributed by atoms with Gasteiger partial charge in [0.15, 0.2) is 0 Å². The van der Waals surface area contributed by atoms with Crippen molar-refractivity contribution in [1.82, 2.24) is 5.32 Å². The van der Waals surface area contributed by atoms with Crippen LogP contribution in [0, 0.1) is 11.3 Å². The summed E-state index contributed by atoms with van der Waals surface area (Å²) in [7, 11) is 0. The molecular formula is C14H23NS. The van der Waals surface area contributed by atoms with Crippen molar-refractivity contribution in [2.75, 3.05) is 6.54 Å². The summed E-state index contributed by atoms with van der Waals surface area (Å²) in [6.07, 6.45) is 5.66. The molecule has 1 nitrogen and oxygen atoms in total. The van der Waals surface area contributed by atoms with Crippen LogP contribution < -0.4 is 5.32 Å². The maximum absolute atomic E-state index is 3.62. The van der Waals surface area contributed by atoms with Crippen LogP contribution in [-0.2, 0) is 6.54 Å². The minimum atomic E-state index is 0.542. The number of hydrogen-bond donors (Lipinski definition) is 1. The Morgan fingerprint density at radius 1 is 1.44 bits per heavy atom. The van der Waals surface area contributed by atoms with Gasteiger partial charge in [0.1, 0.15) is 0 Å². The van der Waals surface area contributed by atoms with E-state index < -0.39 is 0 Å². The molecule has 0 bridgehead atoms. The number of nitrogens with one attached hydrogen (secondary N) is 1. The number of thiophene rings is 1. The molecule has 0 aliphatic heterocycles. The maximum atomic E-state index is 3.62. The van der Waals surface area contributed by atoms with Crippen LogP contribution >= 0.6 is 11.3 Å². The lowest BCUT2D eigenvalue weighted by molar-refractivity contribution is 0.135. The van der Waals surface area contributed by atoms with Crippen LogP contribution in [0.3, 0.4) is 0 Å². The molecule has 1 aromatic rings. The van der Waals surface area contributed by atoms with Gasteiger partial charge >= 0.3 is 0 Å². The molecule has 2 rings (SSSR count). The predicted octanol–water partition coefficient (Wildman–Crippen LogP) is 4.05. The van der Waals surface area contributed by atoms with Crippen molar-refractivity contribution < 1.29 is 0 Å². The van der Waals surface area contributed by atoms with E-state index in [-0.39, 0.29) is 0 Å². The molecule has 0 amide bonds. The largest absolute Gasteiger partial charge is 0.312 e. The van der Waals surface area contributed by atoms with E-state index in [0.717, 1.165) is 12.5 Å². The molecule has 0 aromatic carbocycles. The second-order valence-electron chi connectivity index (χ2n) is 5.64. The van der Waals surface area contributed by atoms with Crippen LogP contribution in [0.2, 0.25) is 0 Å². The third-order valence-electron chi connectivity index (χ3n) is 4.00. The van der Waals surface area contributed by atoms with Gasteiger partial charge in [0, 0.05) is 11.4 Å². The van der Waals surface area contributed by atoms with Crippen molar-refractivity contribution in [1.29, 1.82) is 0 Å². The molecule has 16 heavy (non-hydrogen) atoms. The second-order valence-corrected chi connectivity index (χ2v) is 6.67. The predicted molar refractivity (Wildman–Crippen MR) is 71.8 cm³/mol. The molecule has 0 spiro atoms. The number of rotatable bonds is 4. The van der Waals surface area contributed by atoms with Crippen molar-refractivity contribution in [2.45, 2.75) is 46.1 Å². The van der Waals surface area contributed by atoms with Crippen molar-refractivity contribution in [3.63, 3.8) is 0 Å². The lowest BCUT2D eigenvalue weighted by atomic mass is 9.69. The first-order chi connectivity index (χ1) is 7.68. The fraction of sp³-hybridized carbons (Fsp3) is 0.714. The van der Waals surface area contributed by atoms with Gasteiger partial charge in [-0.15, -0.1) is 11.3 Å². The minimum absolute atomic E-state index is 0.542. The minimum Gasteiger partial charge on any atom is -0.312 e. The zero-order valence-electron chi connectivity index (χ0n) is 10.5. The Hall–Kier alpha value is -0.340. The standard InChI is InChI=1S/C14H23NS/c1-14(2)8-4-3-6-12(14)10-15-11-13-7-5-9-16-13/h5,7,9,12,15H,3-4,6,8,10-11H2,1-2H3. The molecule has 1 fully saturated rings. The Balaban J connectivity index is 1.76. The average molecular weight is 237 g/mol. The van der Waals surface area contributed by atoms with E-state index >= 15 is 0 Å². The smallest absolute Gasteiger partial charge is 0.0299 e. The van der Waals surface area contributed by atoms with Crippen molar-refractivity contribution in [2.24, 2.45) is 11.3 Å². The van der Waals surface area contributed by atoms with Crippen molar-refractivity contribution in [3.05, 3.63) is 22.4 Å². The summed E-state index contributed by atoms with van der Waals surface area (Å²) in [6.45, 7) is 7.10. The summed E-state index contributed by atoms with van der Waals surface area (Å²) in [6, 6.07) is 4.34. The summed E-state index contributed by atoms with van der Waals surface area (Å²) in [5.41, 5.74) is 0.542. The van der Waals surface area contributed by atoms with Gasteiger partial charge in [0.25, 0.3) is 0 Å². The molecule has 1 saturated carbocycles. The molecule has 1 unspecified atom stereocenters. The van der Waals surface area contributed by atoms with Crippen LogP contribution in [-0.4, -0.2) is 6.54 Å². The van der Waals surface area contributed by atoms with Crippen molar-refractivity contribution >= 4 is 11.3 Å². The summed E-state index contributed by atoms with van der Waals surface area (Å²) < 4.78 is 0. The van der Waals surface area contributed by atoms with E-state index in [2.05, 4.69) is 36.7 Å². The molecule has 1 aliphatic carbocycles. The number of hydrogen-bond acceptors (Lipinski definition) is 2. The Labute approximate surface area is 103 Å². The highest BCUT2D eigenvalue weighted by Crippen LogP contribution is 2.39. The Morgan fingerprint density at radius 2 is 2.31 bits per heavy atom. The summed E-state index contributed by atoms with van der Waals surface area (Å²) in [4.78, 5) is 1.45. The zero-order valence-corrected chi connectivity index (χ0v) is 11.3. The molecule has 2 heteroatoms. The summed E-state index contributed by atoms with van der Waals surface area (Å²) in [5, 5.41) is 5.78. The first kappa shape index (κ1) is 12.1. The molecule has 1 aromatic heterocycles. The van der Waals surface area contributed by atoms with Gasteiger partial charge in [-0.1, -0.05) is 32.8 Å². The summed E-state index contributed by atoms with van der Waals surface area (Å²) in [5.74, 6) is 0.862. The van der Waals surface area contributed by atoms with E-state index in [9.17, 15) is 0 Å². The highest BCUT2D eigenvalue weighted by molar-refractivity contribution is 7.09. The van der Waals surface area contributed by atoms with Gasteiger partial charge in [-0.2, -0.15) is 0 Å². The van der Waals surface area contributed by atoms with Gasteiger partial charge in [-0.3, -0.25) is 0 Å². The van der Waals surface area contributed by atoms with E-state index in [1.165, 1.54) is 37.1 Å². The topological polar surface area (TPSA) is 12.0 Å². The first-order valence-electron chi connectivity index (χ1n) is 6.41. The van der Waals surface area contributed by atoms with Gasteiger partial charge in [0.05, 0.1) is 0 Å². The second kappa shape index (κ2) is 5.33. The Bertz CT molecular complexity index is 303. The van der Waals surface area contributed by atoms with Crippen LogP contribution in [0.1, 0.15) is 44.4 Å². The molecule has 90 valence electrons. The molecule has 0 saturated heterocycles. The lowest BCUT2D eigenvalue weighted by Gasteiger charge is -2.38. The molecule has 1 N–H and O–H groups in total. The van der Waals surface area contributed by atoms with Gasteiger partial charge < -0.3 is 5.32 Å². The van der Waals surface area contributed by atoms with Crippen LogP contribution in [0.15, 0.2) is 17.5 Å². The third kappa shape index (κ3) is 3.08. The highest BCUT2D eigenvalue weighted by Gasteiger charge is 2.31. The highest BCUT2D eigenvalue weighted by atomic mass is 32.1. The third-order valence-corrected chi connectivity index (χ3v) is 4.88. The van der Waals surface area contributed by atoms with Crippen LogP contribution in [0.25, 0.3) is 0 Å². The van der Waals surface area contributed by atoms with Gasteiger partial charge in [-0.25, -0.2) is 0 Å². The maximum Gasteiger partial charge on any atom is 0.0299 e.